The van der Waals surface area contributed by atoms with Crippen LogP contribution in [-0.4, -0.2) is 33.6 Å². The highest BCUT2D eigenvalue weighted by Crippen LogP contribution is 2.23. The summed E-state index contributed by atoms with van der Waals surface area (Å²) in [5.74, 6) is -0.933. The zero-order valence-corrected chi connectivity index (χ0v) is 12.9. The molecule has 23 heavy (non-hydrogen) atoms. The van der Waals surface area contributed by atoms with Gasteiger partial charge in [-0.1, -0.05) is 24.6 Å². The van der Waals surface area contributed by atoms with Crippen molar-refractivity contribution in [2.45, 2.75) is 25.3 Å². The van der Waals surface area contributed by atoms with Gasteiger partial charge in [0.05, 0.1) is 11.7 Å². The third-order valence-electron chi connectivity index (χ3n) is 3.59. The number of carbonyl (C=O) groups is 1. The second-order valence-electron chi connectivity index (χ2n) is 5.32. The minimum Gasteiger partial charge on any atom is -0.480 e. The SMILES string of the molecule is NCCCC[C@H](N)C(=O)O.c1ccc2c(c1)[nH]c1cnccc12. The van der Waals surface area contributed by atoms with Crippen molar-refractivity contribution in [1.82, 2.24) is 9.97 Å². The molecule has 6 N–H and O–H groups in total. The smallest absolute Gasteiger partial charge is 0.320 e. The Morgan fingerprint density at radius 2 is 1.91 bits per heavy atom. The maximum Gasteiger partial charge on any atom is 0.320 e. The number of nitrogens with two attached hydrogens (primary N) is 2. The Labute approximate surface area is 134 Å². The first-order valence-corrected chi connectivity index (χ1v) is 7.62. The number of rotatable bonds is 5. The molecule has 3 aromatic rings. The number of fused-ring (bicyclic) bond motifs is 3. The Morgan fingerprint density at radius 1 is 1.17 bits per heavy atom. The number of benzene rings is 1. The Hall–Kier alpha value is -2.44. The van der Waals surface area contributed by atoms with E-state index in [0.29, 0.717) is 13.0 Å². The van der Waals surface area contributed by atoms with Gasteiger partial charge in [-0.15, -0.1) is 0 Å². The summed E-state index contributed by atoms with van der Waals surface area (Å²) in [5, 5.41) is 10.8. The van der Waals surface area contributed by atoms with Crippen LogP contribution in [0.15, 0.2) is 42.7 Å². The van der Waals surface area contributed by atoms with Crippen molar-refractivity contribution < 1.29 is 9.90 Å². The molecule has 0 amide bonds. The molecule has 0 spiro atoms. The van der Waals surface area contributed by atoms with Gasteiger partial charge in [0.15, 0.2) is 0 Å². The number of carboxylic acids is 1. The van der Waals surface area contributed by atoms with Gasteiger partial charge in [0, 0.05) is 22.5 Å². The lowest BCUT2D eigenvalue weighted by molar-refractivity contribution is -0.138. The first-order valence-electron chi connectivity index (χ1n) is 7.62. The van der Waals surface area contributed by atoms with Crippen molar-refractivity contribution in [3.05, 3.63) is 42.7 Å². The molecule has 0 bridgehead atoms. The number of unbranched alkanes of at least 4 members (excludes halogenated alkanes) is 1. The lowest BCUT2D eigenvalue weighted by Crippen LogP contribution is -2.29. The topological polar surface area (TPSA) is 118 Å². The number of nitrogens with one attached hydrogen (secondary N) is 1. The van der Waals surface area contributed by atoms with Crippen LogP contribution >= 0.6 is 0 Å². The summed E-state index contributed by atoms with van der Waals surface area (Å²) < 4.78 is 0. The summed E-state index contributed by atoms with van der Waals surface area (Å²) >= 11 is 0. The Balaban J connectivity index is 0.000000175. The highest BCUT2D eigenvalue weighted by molar-refractivity contribution is 6.06. The van der Waals surface area contributed by atoms with Crippen LogP contribution in [-0.2, 0) is 4.79 Å². The van der Waals surface area contributed by atoms with Crippen molar-refractivity contribution >= 4 is 27.8 Å². The van der Waals surface area contributed by atoms with Crippen LogP contribution < -0.4 is 11.5 Å². The van der Waals surface area contributed by atoms with Crippen LogP contribution in [0.1, 0.15) is 19.3 Å². The van der Waals surface area contributed by atoms with Crippen molar-refractivity contribution in [1.29, 1.82) is 0 Å². The summed E-state index contributed by atoms with van der Waals surface area (Å²) in [5.41, 5.74) is 12.7. The third-order valence-corrected chi connectivity index (χ3v) is 3.59. The molecule has 0 aliphatic rings. The van der Waals surface area contributed by atoms with E-state index in [9.17, 15) is 4.79 Å². The number of hydrogen-bond acceptors (Lipinski definition) is 4. The normalized spacial score (nSPS) is 11.9. The molecule has 1 atom stereocenters. The zero-order chi connectivity index (χ0) is 16.7. The highest BCUT2D eigenvalue weighted by Gasteiger charge is 2.09. The molecule has 0 saturated carbocycles. The number of H-pyrrole nitrogens is 1. The van der Waals surface area contributed by atoms with Gasteiger partial charge in [0.1, 0.15) is 6.04 Å². The molecular formula is C17H22N4O2. The number of pyridine rings is 1. The number of carboxylic acid groups (broad SMARTS) is 1. The molecule has 3 rings (SSSR count). The van der Waals surface area contributed by atoms with E-state index in [1.165, 1.54) is 16.3 Å². The molecule has 0 aliphatic carbocycles. The predicted molar refractivity (Wildman–Crippen MR) is 92.1 cm³/mol. The fourth-order valence-corrected chi connectivity index (χ4v) is 2.33. The van der Waals surface area contributed by atoms with E-state index in [1.54, 1.807) is 0 Å². The minimum absolute atomic E-state index is 0.520. The molecule has 0 fully saturated rings. The van der Waals surface area contributed by atoms with Gasteiger partial charge >= 0.3 is 5.97 Å². The molecule has 122 valence electrons. The van der Waals surface area contributed by atoms with Gasteiger partial charge in [-0.05, 0) is 31.5 Å². The van der Waals surface area contributed by atoms with E-state index < -0.39 is 12.0 Å². The van der Waals surface area contributed by atoms with Gasteiger partial charge < -0.3 is 21.6 Å². The van der Waals surface area contributed by atoms with E-state index in [4.69, 9.17) is 16.6 Å². The fraction of sp³-hybridized carbons (Fsp3) is 0.294. The van der Waals surface area contributed by atoms with Gasteiger partial charge in [-0.3, -0.25) is 9.78 Å². The molecule has 0 radical (unpaired) electrons. The average molecular weight is 314 g/mol. The molecule has 0 aliphatic heterocycles. The molecule has 0 saturated heterocycles. The van der Waals surface area contributed by atoms with Gasteiger partial charge in [-0.25, -0.2) is 0 Å². The second-order valence-corrected chi connectivity index (χ2v) is 5.32. The maximum absolute atomic E-state index is 10.1. The van der Waals surface area contributed by atoms with Crippen molar-refractivity contribution in [2.75, 3.05) is 6.54 Å². The number of nitrogens with zero attached hydrogens (tertiary/aromatic N) is 1. The molecular weight excluding hydrogens is 292 g/mol. The Bertz CT molecular complexity index is 719. The van der Waals surface area contributed by atoms with Crippen LogP contribution in [0.2, 0.25) is 0 Å². The molecule has 0 unspecified atom stereocenters. The molecule has 2 heterocycles. The third kappa shape index (κ3) is 4.51. The summed E-state index contributed by atoms with van der Waals surface area (Å²) in [6, 6.07) is 9.60. The number of hydrogen-bond donors (Lipinski definition) is 4. The summed E-state index contributed by atoms with van der Waals surface area (Å²) in [6.07, 6.45) is 5.84. The largest absolute Gasteiger partial charge is 0.480 e. The van der Waals surface area contributed by atoms with Crippen LogP contribution in [0.4, 0.5) is 0 Å². The van der Waals surface area contributed by atoms with Crippen molar-refractivity contribution in [3.63, 3.8) is 0 Å². The number of aromatic nitrogens is 2. The quantitative estimate of drug-likeness (QED) is 0.539. The van der Waals surface area contributed by atoms with Crippen molar-refractivity contribution in [2.24, 2.45) is 11.5 Å². The Kier molecular flexibility index (Phi) is 6.08. The predicted octanol–water partition coefficient (Wildman–Crippen LogP) is 2.24. The van der Waals surface area contributed by atoms with E-state index in [-0.39, 0.29) is 0 Å². The van der Waals surface area contributed by atoms with Crippen LogP contribution in [0.3, 0.4) is 0 Å². The Morgan fingerprint density at radius 3 is 2.65 bits per heavy atom. The van der Waals surface area contributed by atoms with Gasteiger partial charge in [0.25, 0.3) is 0 Å². The number of para-hydroxylation sites is 1. The fourth-order valence-electron chi connectivity index (χ4n) is 2.33. The number of aromatic amines is 1. The monoisotopic (exact) mass is 314 g/mol. The lowest BCUT2D eigenvalue weighted by atomic mass is 10.1. The molecule has 1 aromatic carbocycles. The highest BCUT2D eigenvalue weighted by atomic mass is 16.4. The minimum atomic E-state index is -0.933. The van der Waals surface area contributed by atoms with E-state index in [0.717, 1.165) is 18.4 Å². The van der Waals surface area contributed by atoms with E-state index in [1.807, 2.05) is 24.5 Å². The molecule has 6 heteroatoms. The average Bonchev–Trinajstić information content (AvgIpc) is 2.94. The van der Waals surface area contributed by atoms with Crippen LogP contribution in [0, 0.1) is 0 Å². The lowest BCUT2D eigenvalue weighted by Gasteiger charge is -2.03. The van der Waals surface area contributed by atoms with Gasteiger partial charge in [0.2, 0.25) is 0 Å². The molecule has 6 nitrogen and oxygen atoms in total. The second kappa shape index (κ2) is 8.26. The maximum atomic E-state index is 10.1. The van der Waals surface area contributed by atoms with Gasteiger partial charge in [-0.2, -0.15) is 0 Å². The number of aliphatic carboxylic acids is 1. The summed E-state index contributed by atoms with van der Waals surface area (Å²) in [7, 11) is 0. The first-order chi connectivity index (χ1) is 11.1. The standard InChI is InChI=1S/C11H8N2.C6H14N2O2/c1-2-4-10-8(3-1)9-5-6-12-7-11(9)13-10;7-4-2-1-3-5(8)6(9)10/h1-7,13H;5H,1-4,7-8H2,(H,9,10)/t;5-/m.0/s1. The first kappa shape index (κ1) is 16.9. The van der Waals surface area contributed by atoms with Crippen LogP contribution in [0.5, 0.6) is 0 Å². The van der Waals surface area contributed by atoms with Crippen molar-refractivity contribution in [3.8, 4) is 0 Å². The molecule has 2 aromatic heterocycles. The van der Waals surface area contributed by atoms with Crippen LogP contribution in [0.25, 0.3) is 21.8 Å². The summed E-state index contributed by atoms with van der Waals surface area (Å²) in [4.78, 5) is 17.5. The summed E-state index contributed by atoms with van der Waals surface area (Å²) in [6.45, 7) is 0.604. The van der Waals surface area contributed by atoms with E-state index in [2.05, 4.69) is 28.2 Å². The zero-order valence-electron chi connectivity index (χ0n) is 12.9. The van der Waals surface area contributed by atoms with E-state index >= 15 is 0 Å².